The average Bonchev–Trinajstić information content (AvgIpc) is 3.01. The van der Waals surface area contributed by atoms with Crippen LogP contribution in [-0.2, 0) is 11.3 Å². The third kappa shape index (κ3) is 5.09. The summed E-state index contributed by atoms with van der Waals surface area (Å²) in [5.74, 6) is 1.20. The maximum Gasteiger partial charge on any atom is 0.223 e. The fourth-order valence-corrected chi connectivity index (χ4v) is 3.59. The lowest BCUT2D eigenvalue weighted by molar-refractivity contribution is -0.125. The molecule has 0 bridgehead atoms. The summed E-state index contributed by atoms with van der Waals surface area (Å²) in [6.07, 6.45) is 8.01. The molecule has 0 aliphatic heterocycles. The number of hydrogen-bond acceptors (Lipinski definition) is 2. The first-order chi connectivity index (χ1) is 12.6. The van der Waals surface area contributed by atoms with Crippen LogP contribution in [0.25, 0.3) is 11.0 Å². The predicted octanol–water partition coefficient (Wildman–Crippen LogP) is 5.62. The third-order valence-electron chi connectivity index (χ3n) is 5.27. The topological polar surface area (TPSA) is 46.9 Å². The van der Waals surface area contributed by atoms with Gasteiger partial charge in [-0.3, -0.25) is 4.79 Å². The number of aromatic nitrogens is 2. The highest BCUT2D eigenvalue weighted by atomic mass is 16.1. The zero-order valence-corrected chi connectivity index (χ0v) is 16.9. The third-order valence-corrected chi connectivity index (χ3v) is 5.27. The molecular weight excluding hydrogens is 322 g/mol. The van der Waals surface area contributed by atoms with E-state index in [2.05, 4.69) is 55.8 Å². The molecule has 4 nitrogen and oxygen atoms in total. The fourth-order valence-electron chi connectivity index (χ4n) is 3.59. The highest BCUT2D eigenvalue weighted by Gasteiger charge is 2.21. The number of nitrogens with zero attached hydrogens (tertiary/aromatic N) is 2. The van der Waals surface area contributed by atoms with E-state index < -0.39 is 0 Å². The van der Waals surface area contributed by atoms with Gasteiger partial charge in [-0.2, -0.15) is 0 Å². The van der Waals surface area contributed by atoms with Crippen molar-refractivity contribution in [3.8, 4) is 0 Å². The van der Waals surface area contributed by atoms with Crippen LogP contribution in [0.5, 0.6) is 0 Å². The maximum absolute atomic E-state index is 12.5. The minimum Gasteiger partial charge on any atom is -0.346 e. The standard InChI is InChI=1S/C22H35N3O/c1-5-8-9-10-13-16-25-20-15-12-11-14-19(20)24-21(25)17(4)23-22(26)18(6-2)7-3/h11-12,14-15,17-18H,5-10,13,16H2,1-4H3,(H,23,26). The number of benzene rings is 1. The Balaban J connectivity index is 2.16. The van der Waals surface area contributed by atoms with Gasteiger partial charge in [0.15, 0.2) is 0 Å². The minimum absolute atomic E-state index is 0.0776. The normalized spacial score (nSPS) is 12.7. The molecule has 144 valence electrons. The molecule has 0 aliphatic carbocycles. The van der Waals surface area contributed by atoms with Gasteiger partial charge in [-0.05, 0) is 38.3 Å². The van der Waals surface area contributed by atoms with Crippen LogP contribution in [0, 0.1) is 5.92 Å². The largest absolute Gasteiger partial charge is 0.346 e. The van der Waals surface area contributed by atoms with E-state index in [1.165, 1.54) is 31.2 Å². The van der Waals surface area contributed by atoms with Crippen LogP contribution in [0.4, 0.5) is 0 Å². The second-order valence-electron chi connectivity index (χ2n) is 7.27. The number of imidazole rings is 1. The maximum atomic E-state index is 12.5. The second-order valence-corrected chi connectivity index (χ2v) is 7.27. The predicted molar refractivity (Wildman–Crippen MR) is 109 cm³/mol. The lowest BCUT2D eigenvalue weighted by Crippen LogP contribution is -2.33. The highest BCUT2D eigenvalue weighted by Crippen LogP contribution is 2.22. The monoisotopic (exact) mass is 357 g/mol. The summed E-state index contributed by atoms with van der Waals surface area (Å²) in [5.41, 5.74) is 2.18. The van der Waals surface area contributed by atoms with E-state index in [9.17, 15) is 4.79 Å². The highest BCUT2D eigenvalue weighted by molar-refractivity contribution is 5.79. The van der Waals surface area contributed by atoms with E-state index in [4.69, 9.17) is 4.98 Å². The number of rotatable bonds is 11. The van der Waals surface area contributed by atoms with Crippen LogP contribution in [0.15, 0.2) is 24.3 Å². The van der Waals surface area contributed by atoms with Gasteiger partial charge in [0.25, 0.3) is 0 Å². The summed E-state index contributed by atoms with van der Waals surface area (Å²) in [4.78, 5) is 17.3. The molecule has 4 heteroatoms. The van der Waals surface area contributed by atoms with Crippen LogP contribution >= 0.6 is 0 Å². The van der Waals surface area contributed by atoms with Gasteiger partial charge in [-0.25, -0.2) is 4.98 Å². The molecule has 1 aromatic carbocycles. The number of hydrogen-bond donors (Lipinski definition) is 1. The summed E-state index contributed by atoms with van der Waals surface area (Å²) in [5, 5.41) is 3.19. The average molecular weight is 358 g/mol. The molecule has 1 unspecified atom stereocenters. The molecule has 0 saturated carbocycles. The number of fused-ring (bicyclic) bond motifs is 1. The van der Waals surface area contributed by atoms with Crippen LogP contribution in [0.3, 0.4) is 0 Å². The van der Waals surface area contributed by atoms with E-state index >= 15 is 0 Å². The molecule has 0 fully saturated rings. The Morgan fingerprint density at radius 1 is 1.08 bits per heavy atom. The van der Waals surface area contributed by atoms with Gasteiger partial charge in [-0.1, -0.05) is 58.6 Å². The summed E-state index contributed by atoms with van der Waals surface area (Å²) in [6, 6.07) is 8.20. The Bertz CT molecular complexity index is 688. The molecular formula is C22H35N3O. The van der Waals surface area contributed by atoms with E-state index in [1.807, 2.05) is 6.07 Å². The van der Waals surface area contributed by atoms with Crippen LogP contribution in [0.2, 0.25) is 0 Å². The molecule has 2 aromatic rings. The lowest BCUT2D eigenvalue weighted by atomic mass is 10.0. The molecule has 1 atom stereocenters. The van der Waals surface area contributed by atoms with Gasteiger partial charge in [0, 0.05) is 12.5 Å². The molecule has 0 aliphatic rings. The zero-order chi connectivity index (χ0) is 18.9. The quantitative estimate of drug-likeness (QED) is 0.531. The molecule has 0 spiro atoms. The first-order valence-corrected chi connectivity index (χ1v) is 10.4. The second kappa shape index (κ2) is 10.3. The Morgan fingerprint density at radius 3 is 2.46 bits per heavy atom. The van der Waals surface area contributed by atoms with Crippen molar-refractivity contribution in [3.05, 3.63) is 30.1 Å². The number of para-hydroxylation sites is 2. The molecule has 26 heavy (non-hydrogen) atoms. The van der Waals surface area contributed by atoms with E-state index in [0.717, 1.165) is 37.1 Å². The summed E-state index contributed by atoms with van der Waals surface area (Å²) in [6.45, 7) is 9.40. The Hall–Kier alpha value is -1.84. The molecule has 1 aromatic heterocycles. The van der Waals surface area contributed by atoms with Gasteiger partial charge in [0.05, 0.1) is 17.1 Å². The minimum atomic E-state index is -0.0776. The van der Waals surface area contributed by atoms with Gasteiger partial charge in [0.1, 0.15) is 5.82 Å². The van der Waals surface area contributed by atoms with Gasteiger partial charge >= 0.3 is 0 Å². The first-order valence-electron chi connectivity index (χ1n) is 10.4. The Morgan fingerprint density at radius 2 is 1.77 bits per heavy atom. The van der Waals surface area contributed by atoms with Crippen molar-refractivity contribution in [2.24, 2.45) is 5.92 Å². The van der Waals surface area contributed by atoms with Gasteiger partial charge < -0.3 is 9.88 Å². The lowest BCUT2D eigenvalue weighted by Gasteiger charge is -2.19. The van der Waals surface area contributed by atoms with Crippen molar-refractivity contribution in [3.63, 3.8) is 0 Å². The number of aryl methyl sites for hydroxylation is 1. The van der Waals surface area contributed by atoms with Crippen molar-refractivity contribution in [1.82, 2.24) is 14.9 Å². The van der Waals surface area contributed by atoms with Crippen LogP contribution in [0.1, 0.15) is 84.5 Å². The van der Waals surface area contributed by atoms with Crippen molar-refractivity contribution >= 4 is 16.9 Å². The first kappa shape index (κ1) is 20.5. The van der Waals surface area contributed by atoms with E-state index in [-0.39, 0.29) is 17.9 Å². The van der Waals surface area contributed by atoms with Crippen LogP contribution in [-0.4, -0.2) is 15.5 Å². The molecule has 0 saturated heterocycles. The summed E-state index contributed by atoms with van der Waals surface area (Å²) < 4.78 is 2.30. The van der Waals surface area contributed by atoms with E-state index in [1.54, 1.807) is 0 Å². The van der Waals surface area contributed by atoms with Crippen molar-refractivity contribution in [2.45, 2.75) is 85.2 Å². The molecule has 0 radical (unpaired) electrons. The summed E-state index contributed by atoms with van der Waals surface area (Å²) >= 11 is 0. The Kier molecular flexibility index (Phi) is 8.14. The number of carbonyl (C=O) groups is 1. The number of carbonyl (C=O) groups excluding carboxylic acids is 1. The Labute approximate surface area is 158 Å². The molecule has 2 rings (SSSR count). The van der Waals surface area contributed by atoms with Gasteiger partial charge in [0.2, 0.25) is 5.91 Å². The van der Waals surface area contributed by atoms with E-state index in [0.29, 0.717) is 0 Å². The van der Waals surface area contributed by atoms with Crippen molar-refractivity contribution in [2.75, 3.05) is 0 Å². The molecule has 1 N–H and O–H groups in total. The SMILES string of the molecule is CCCCCCCn1c(C(C)NC(=O)C(CC)CC)nc2ccccc21. The number of unbranched alkanes of at least 4 members (excludes halogenated alkanes) is 4. The van der Waals surface area contributed by atoms with Crippen molar-refractivity contribution in [1.29, 1.82) is 0 Å². The van der Waals surface area contributed by atoms with Crippen molar-refractivity contribution < 1.29 is 4.79 Å². The summed E-state index contributed by atoms with van der Waals surface area (Å²) in [7, 11) is 0. The molecule has 1 amide bonds. The molecule has 1 heterocycles. The van der Waals surface area contributed by atoms with Crippen LogP contribution < -0.4 is 5.32 Å². The zero-order valence-electron chi connectivity index (χ0n) is 16.9. The smallest absolute Gasteiger partial charge is 0.223 e. The number of amides is 1. The van der Waals surface area contributed by atoms with Gasteiger partial charge in [-0.15, -0.1) is 0 Å². The number of nitrogens with one attached hydrogen (secondary N) is 1. The fraction of sp³-hybridized carbons (Fsp3) is 0.636.